The van der Waals surface area contributed by atoms with Crippen molar-refractivity contribution in [2.45, 2.75) is 19.1 Å². The maximum absolute atomic E-state index is 6.07. The quantitative estimate of drug-likeness (QED) is 0.466. The summed E-state index contributed by atoms with van der Waals surface area (Å²) in [4.78, 5) is 3.64. The summed E-state index contributed by atoms with van der Waals surface area (Å²) >= 11 is 0. The highest BCUT2D eigenvalue weighted by Gasteiger charge is 2.28. The van der Waals surface area contributed by atoms with Gasteiger partial charge in [-0.1, -0.05) is 30.3 Å². The molecule has 1 aliphatic rings. The Kier molecular flexibility index (Phi) is 5.26. The summed E-state index contributed by atoms with van der Waals surface area (Å²) in [5.41, 5.74) is 5.84. The van der Waals surface area contributed by atoms with Gasteiger partial charge in [-0.05, 0) is 53.9 Å². The number of ether oxygens (including phenoxy) is 3. The number of methoxy groups -OCH3 is 2. The van der Waals surface area contributed by atoms with Crippen LogP contribution < -0.4 is 19.5 Å². The molecule has 1 atom stereocenters. The van der Waals surface area contributed by atoms with Gasteiger partial charge >= 0.3 is 0 Å². The van der Waals surface area contributed by atoms with E-state index < -0.39 is 0 Å². The number of nitrogens with one attached hydrogen (secondary N) is 2. The zero-order valence-corrected chi connectivity index (χ0v) is 17.8. The largest absolute Gasteiger partial charge is 0.497 e. The van der Waals surface area contributed by atoms with Gasteiger partial charge in [0.15, 0.2) is 0 Å². The Morgan fingerprint density at radius 1 is 0.903 bits per heavy atom. The Morgan fingerprint density at radius 2 is 1.74 bits per heavy atom. The average Bonchev–Trinajstić information content (AvgIpc) is 3.21. The van der Waals surface area contributed by atoms with Gasteiger partial charge in [0, 0.05) is 28.7 Å². The molecule has 0 saturated heterocycles. The van der Waals surface area contributed by atoms with Gasteiger partial charge in [0.05, 0.1) is 20.3 Å². The predicted octanol–water partition coefficient (Wildman–Crippen LogP) is 5.00. The van der Waals surface area contributed by atoms with Gasteiger partial charge in [0.25, 0.3) is 0 Å². The zero-order chi connectivity index (χ0) is 21.2. The molecule has 1 aromatic heterocycles. The Bertz CT molecular complexity index is 1200. The molecule has 0 radical (unpaired) electrons. The summed E-state index contributed by atoms with van der Waals surface area (Å²) in [5.74, 6) is 2.54. The first-order valence-corrected chi connectivity index (χ1v) is 10.5. The molecule has 5 heteroatoms. The Hall–Kier alpha value is -3.44. The first-order valence-electron chi connectivity index (χ1n) is 10.5. The minimum Gasteiger partial charge on any atom is -0.497 e. The van der Waals surface area contributed by atoms with E-state index in [4.69, 9.17) is 14.2 Å². The molecule has 0 fully saturated rings. The molecule has 0 amide bonds. The van der Waals surface area contributed by atoms with Gasteiger partial charge in [-0.15, -0.1) is 0 Å². The number of H-pyrrole nitrogens is 1. The summed E-state index contributed by atoms with van der Waals surface area (Å²) in [6, 6.07) is 22.5. The lowest BCUT2D eigenvalue weighted by Crippen LogP contribution is -2.30. The van der Waals surface area contributed by atoms with E-state index in [0.29, 0.717) is 6.61 Å². The van der Waals surface area contributed by atoms with Gasteiger partial charge in [-0.2, -0.15) is 0 Å². The molecule has 0 aliphatic carbocycles. The lowest BCUT2D eigenvalue weighted by Gasteiger charge is -2.26. The van der Waals surface area contributed by atoms with Crippen molar-refractivity contribution in [3.8, 4) is 17.2 Å². The second kappa shape index (κ2) is 8.36. The molecule has 3 aromatic carbocycles. The number of rotatable bonds is 6. The lowest BCUT2D eigenvalue weighted by molar-refractivity contribution is 0.306. The van der Waals surface area contributed by atoms with Crippen LogP contribution in [0.1, 0.15) is 28.4 Å². The first kappa shape index (κ1) is 19.5. The molecule has 2 N–H and O–H groups in total. The molecule has 1 unspecified atom stereocenters. The van der Waals surface area contributed by atoms with Crippen LogP contribution in [-0.4, -0.2) is 25.7 Å². The fraction of sp³-hybridized carbons (Fsp3) is 0.231. The van der Waals surface area contributed by atoms with Gasteiger partial charge in [0.1, 0.15) is 23.9 Å². The van der Waals surface area contributed by atoms with E-state index in [-0.39, 0.29) is 6.04 Å². The van der Waals surface area contributed by atoms with Crippen molar-refractivity contribution in [2.24, 2.45) is 0 Å². The summed E-state index contributed by atoms with van der Waals surface area (Å²) in [6.07, 6.45) is 0.959. The second-order valence-corrected chi connectivity index (χ2v) is 7.74. The van der Waals surface area contributed by atoms with Crippen LogP contribution >= 0.6 is 0 Å². The van der Waals surface area contributed by atoms with Crippen LogP contribution in [0.15, 0.2) is 66.7 Å². The summed E-state index contributed by atoms with van der Waals surface area (Å²) in [5, 5.41) is 4.86. The molecule has 1 aliphatic heterocycles. The van der Waals surface area contributed by atoms with Crippen molar-refractivity contribution in [3.63, 3.8) is 0 Å². The third-order valence-corrected chi connectivity index (χ3v) is 5.92. The molecule has 4 aromatic rings. The minimum atomic E-state index is 0.00915. The van der Waals surface area contributed by atoms with Crippen molar-refractivity contribution in [1.82, 2.24) is 10.3 Å². The molecular weight excluding hydrogens is 388 g/mol. The highest BCUT2D eigenvalue weighted by atomic mass is 16.5. The minimum absolute atomic E-state index is 0.00915. The van der Waals surface area contributed by atoms with Crippen LogP contribution in [0.3, 0.4) is 0 Å². The highest BCUT2D eigenvalue weighted by molar-refractivity contribution is 5.86. The van der Waals surface area contributed by atoms with E-state index in [2.05, 4.69) is 34.6 Å². The molecular formula is C26H26N2O3. The molecule has 0 bridgehead atoms. The number of aromatic nitrogens is 1. The third-order valence-electron chi connectivity index (χ3n) is 5.92. The normalized spacial score (nSPS) is 15.5. The van der Waals surface area contributed by atoms with E-state index in [1.807, 2.05) is 42.5 Å². The Labute approximate surface area is 182 Å². The standard InChI is InChI=1S/C26H26N2O3/c1-29-18-9-11-24(30-2)22(14-18)25-26-20(12-13-27-25)21-15-19(8-10-23(21)28-26)31-16-17-6-4-3-5-7-17/h3-11,14-15,25,27-28H,12-13,16H2,1-2H3. The fourth-order valence-corrected chi connectivity index (χ4v) is 4.37. The van der Waals surface area contributed by atoms with E-state index in [1.54, 1.807) is 14.2 Å². The van der Waals surface area contributed by atoms with Crippen molar-refractivity contribution < 1.29 is 14.2 Å². The zero-order valence-electron chi connectivity index (χ0n) is 17.8. The van der Waals surface area contributed by atoms with Crippen LogP contribution in [0.2, 0.25) is 0 Å². The number of fused-ring (bicyclic) bond motifs is 3. The molecule has 5 rings (SSSR count). The number of aromatic amines is 1. The Morgan fingerprint density at radius 3 is 2.55 bits per heavy atom. The summed E-state index contributed by atoms with van der Waals surface area (Å²) in [6.45, 7) is 1.45. The predicted molar refractivity (Wildman–Crippen MR) is 122 cm³/mol. The first-order chi connectivity index (χ1) is 15.3. The molecule has 2 heterocycles. The smallest absolute Gasteiger partial charge is 0.124 e. The maximum atomic E-state index is 6.07. The number of hydrogen-bond donors (Lipinski definition) is 2. The number of benzene rings is 3. The van der Waals surface area contributed by atoms with Crippen molar-refractivity contribution in [2.75, 3.05) is 20.8 Å². The van der Waals surface area contributed by atoms with Gasteiger partial charge in [0.2, 0.25) is 0 Å². The fourth-order valence-electron chi connectivity index (χ4n) is 4.37. The topological polar surface area (TPSA) is 55.5 Å². The molecule has 0 saturated carbocycles. The second-order valence-electron chi connectivity index (χ2n) is 7.74. The van der Waals surface area contributed by atoms with Gasteiger partial charge in [-0.3, -0.25) is 0 Å². The molecule has 158 valence electrons. The SMILES string of the molecule is COc1ccc(OC)c(C2NCCc3c2[nH]c2ccc(OCc4ccccc4)cc32)c1. The van der Waals surface area contributed by atoms with Gasteiger partial charge < -0.3 is 24.5 Å². The van der Waals surface area contributed by atoms with Crippen LogP contribution in [0.5, 0.6) is 17.2 Å². The van der Waals surface area contributed by atoms with Crippen LogP contribution in [0.25, 0.3) is 10.9 Å². The third kappa shape index (κ3) is 3.73. The van der Waals surface area contributed by atoms with Gasteiger partial charge in [-0.25, -0.2) is 0 Å². The van der Waals surface area contributed by atoms with E-state index in [0.717, 1.165) is 46.9 Å². The Balaban J connectivity index is 1.50. The van der Waals surface area contributed by atoms with E-state index in [1.165, 1.54) is 16.6 Å². The summed E-state index contributed by atoms with van der Waals surface area (Å²) in [7, 11) is 3.39. The van der Waals surface area contributed by atoms with E-state index >= 15 is 0 Å². The van der Waals surface area contributed by atoms with Crippen LogP contribution in [0.4, 0.5) is 0 Å². The van der Waals surface area contributed by atoms with Crippen molar-refractivity contribution in [3.05, 3.63) is 89.1 Å². The molecule has 5 nitrogen and oxygen atoms in total. The van der Waals surface area contributed by atoms with E-state index in [9.17, 15) is 0 Å². The highest BCUT2D eigenvalue weighted by Crippen LogP contribution is 2.39. The maximum Gasteiger partial charge on any atom is 0.124 e. The van der Waals surface area contributed by atoms with Crippen molar-refractivity contribution in [1.29, 1.82) is 0 Å². The molecule has 31 heavy (non-hydrogen) atoms. The lowest BCUT2D eigenvalue weighted by atomic mass is 9.93. The van der Waals surface area contributed by atoms with Crippen LogP contribution in [0, 0.1) is 0 Å². The van der Waals surface area contributed by atoms with Crippen molar-refractivity contribution >= 4 is 10.9 Å². The summed E-state index contributed by atoms with van der Waals surface area (Å²) < 4.78 is 17.2. The average molecular weight is 415 g/mol. The molecule has 0 spiro atoms. The monoisotopic (exact) mass is 414 g/mol. The number of hydrogen-bond acceptors (Lipinski definition) is 4. The van der Waals surface area contributed by atoms with Crippen LogP contribution in [-0.2, 0) is 13.0 Å².